The minimum atomic E-state index is -4.74. The first kappa shape index (κ1) is 13.8. The summed E-state index contributed by atoms with van der Waals surface area (Å²) in [4.78, 5) is 4.08. The van der Waals surface area contributed by atoms with Crippen LogP contribution >= 0.6 is 11.6 Å². The Kier molecular flexibility index (Phi) is 3.25. The van der Waals surface area contributed by atoms with Crippen molar-refractivity contribution in [3.8, 4) is 17.1 Å². The number of nitrogens with zero attached hydrogens (tertiary/aromatic N) is 1. The molecular weight excluding hydrogens is 307 g/mol. The highest BCUT2D eigenvalue weighted by Crippen LogP contribution is 2.33. The smallest absolute Gasteiger partial charge is 0.453 e. The molecule has 1 aromatic carbocycles. The van der Waals surface area contributed by atoms with Crippen LogP contribution in [0.25, 0.3) is 22.4 Å². The first-order valence-corrected chi connectivity index (χ1v) is 6.20. The highest BCUT2D eigenvalue weighted by atomic mass is 35.5. The number of pyridine rings is 1. The summed E-state index contributed by atoms with van der Waals surface area (Å²) in [5.74, 6) is 0.0396. The van der Waals surface area contributed by atoms with E-state index in [9.17, 15) is 13.2 Å². The molecular formula is C14H7ClF3NO2. The molecule has 0 spiro atoms. The second-order valence-corrected chi connectivity index (χ2v) is 4.60. The van der Waals surface area contributed by atoms with Crippen LogP contribution in [0.5, 0.6) is 5.75 Å². The molecule has 0 N–H and O–H groups in total. The Bertz CT molecular complexity index is 798. The molecule has 2 aromatic heterocycles. The van der Waals surface area contributed by atoms with Crippen molar-refractivity contribution in [1.82, 2.24) is 4.98 Å². The molecule has 3 nitrogen and oxygen atoms in total. The third-order valence-electron chi connectivity index (χ3n) is 2.72. The first-order chi connectivity index (χ1) is 9.92. The largest absolute Gasteiger partial charge is 0.573 e. The van der Waals surface area contributed by atoms with E-state index in [2.05, 4.69) is 9.72 Å². The van der Waals surface area contributed by atoms with Gasteiger partial charge in [-0.2, -0.15) is 0 Å². The van der Waals surface area contributed by atoms with E-state index >= 15 is 0 Å². The standard InChI is InChI=1S/C14H7ClF3NO2/c15-10-4-5-19-11-7-12(20-13(10)11)8-2-1-3-9(6-8)21-14(16,17)18/h1-7H. The number of hydrogen-bond donors (Lipinski definition) is 0. The fourth-order valence-corrected chi connectivity index (χ4v) is 2.09. The first-order valence-electron chi connectivity index (χ1n) is 5.82. The number of hydrogen-bond acceptors (Lipinski definition) is 3. The molecule has 2 heterocycles. The summed E-state index contributed by atoms with van der Waals surface area (Å²) in [5.41, 5.74) is 1.35. The Morgan fingerprint density at radius 3 is 2.67 bits per heavy atom. The van der Waals surface area contributed by atoms with Gasteiger partial charge in [-0.15, -0.1) is 13.2 Å². The zero-order chi connectivity index (χ0) is 15.0. The van der Waals surface area contributed by atoms with Gasteiger partial charge < -0.3 is 9.15 Å². The molecule has 0 fully saturated rings. The van der Waals surface area contributed by atoms with Gasteiger partial charge >= 0.3 is 6.36 Å². The second kappa shape index (κ2) is 4.96. The fourth-order valence-electron chi connectivity index (χ4n) is 1.90. The number of alkyl halides is 3. The van der Waals surface area contributed by atoms with Crippen LogP contribution in [0.4, 0.5) is 13.2 Å². The van der Waals surface area contributed by atoms with Crippen LogP contribution in [0.1, 0.15) is 0 Å². The van der Waals surface area contributed by atoms with Crippen molar-refractivity contribution in [3.63, 3.8) is 0 Å². The lowest BCUT2D eigenvalue weighted by Crippen LogP contribution is -2.17. The molecule has 0 aliphatic carbocycles. The maximum absolute atomic E-state index is 12.2. The molecule has 0 aliphatic rings. The predicted octanol–water partition coefficient (Wildman–Crippen LogP) is 5.05. The average molecular weight is 314 g/mol. The van der Waals surface area contributed by atoms with Gasteiger partial charge in [0.1, 0.15) is 17.0 Å². The van der Waals surface area contributed by atoms with Gasteiger partial charge in [0.15, 0.2) is 5.58 Å². The van der Waals surface area contributed by atoms with Crippen LogP contribution in [0.3, 0.4) is 0 Å². The van der Waals surface area contributed by atoms with Crippen molar-refractivity contribution in [2.45, 2.75) is 6.36 Å². The number of halogens is 4. The lowest BCUT2D eigenvalue weighted by atomic mass is 10.1. The molecule has 0 unspecified atom stereocenters. The van der Waals surface area contributed by atoms with Crippen LogP contribution in [0, 0.1) is 0 Å². The minimum absolute atomic E-state index is 0.320. The minimum Gasteiger partial charge on any atom is -0.453 e. The number of ether oxygens (including phenoxy) is 1. The summed E-state index contributed by atoms with van der Waals surface area (Å²) in [5, 5.41) is 0.383. The number of rotatable bonds is 2. The fraction of sp³-hybridized carbons (Fsp3) is 0.0714. The Hall–Kier alpha value is -2.21. The van der Waals surface area contributed by atoms with Gasteiger partial charge in [0.2, 0.25) is 0 Å². The lowest BCUT2D eigenvalue weighted by molar-refractivity contribution is -0.274. The van der Waals surface area contributed by atoms with E-state index in [1.54, 1.807) is 18.2 Å². The average Bonchev–Trinajstić information content (AvgIpc) is 2.82. The van der Waals surface area contributed by atoms with Crippen molar-refractivity contribution in [2.24, 2.45) is 0 Å². The van der Waals surface area contributed by atoms with Gasteiger partial charge in [-0.3, -0.25) is 4.98 Å². The van der Waals surface area contributed by atoms with E-state index < -0.39 is 6.36 Å². The number of aromatic nitrogens is 1. The van der Waals surface area contributed by atoms with E-state index in [0.29, 0.717) is 27.4 Å². The van der Waals surface area contributed by atoms with E-state index in [1.165, 1.54) is 24.4 Å². The predicted molar refractivity (Wildman–Crippen MR) is 71.1 cm³/mol. The number of fused-ring (bicyclic) bond motifs is 1. The monoisotopic (exact) mass is 313 g/mol. The highest BCUT2D eigenvalue weighted by Gasteiger charge is 2.31. The van der Waals surface area contributed by atoms with Gasteiger partial charge in [0.05, 0.1) is 5.02 Å². The van der Waals surface area contributed by atoms with E-state index in [0.717, 1.165) is 0 Å². The quantitative estimate of drug-likeness (QED) is 0.664. The summed E-state index contributed by atoms with van der Waals surface area (Å²) in [6.45, 7) is 0. The van der Waals surface area contributed by atoms with Crippen LogP contribution in [-0.2, 0) is 0 Å². The maximum atomic E-state index is 12.2. The van der Waals surface area contributed by atoms with Gasteiger partial charge in [-0.25, -0.2) is 0 Å². The third kappa shape index (κ3) is 2.95. The van der Waals surface area contributed by atoms with Gasteiger partial charge in [-0.05, 0) is 18.2 Å². The molecule has 7 heteroatoms. The number of furan rings is 1. The second-order valence-electron chi connectivity index (χ2n) is 4.19. The van der Waals surface area contributed by atoms with Crippen molar-refractivity contribution >= 4 is 22.7 Å². The van der Waals surface area contributed by atoms with E-state index in [-0.39, 0.29) is 5.75 Å². The Labute approximate surface area is 121 Å². The van der Waals surface area contributed by atoms with Gasteiger partial charge in [0.25, 0.3) is 0 Å². The van der Waals surface area contributed by atoms with Crippen LogP contribution < -0.4 is 4.74 Å². The van der Waals surface area contributed by atoms with Crippen LogP contribution in [-0.4, -0.2) is 11.3 Å². The Morgan fingerprint density at radius 1 is 1.14 bits per heavy atom. The molecule has 108 valence electrons. The van der Waals surface area contributed by atoms with Crippen molar-refractivity contribution < 1.29 is 22.3 Å². The molecule has 0 saturated carbocycles. The van der Waals surface area contributed by atoms with Crippen LogP contribution in [0.2, 0.25) is 5.02 Å². The Balaban J connectivity index is 2.02. The van der Waals surface area contributed by atoms with Gasteiger partial charge in [0, 0.05) is 17.8 Å². The normalized spacial score (nSPS) is 11.8. The van der Waals surface area contributed by atoms with Crippen molar-refractivity contribution in [1.29, 1.82) is 0 Å². The SMILES string of the molecule is FC(F)(F)Oc1cccc(-c2cc3nccc(Cl)c3o2)c1. The molecule has 21 heavy (non-hydrogen) atoms. The molecule has 3 aromatic rings. The topological polar surface area (TPSA) is 35.3 Å². The zero-order valence-corrected chi connectivity index (χ0v) is 11.1. The third-order valence-corrected chi connectivity index (χ3v) is 3.01. The molecule has 0 aliphatic heterocycles. The molecule has 0 radical (unpaired) electrons. The summed E-state index contributed by atoms with van der Waals surface area (Å²) in [6, 6.07) is 8.67. The molecule has 0 bridgehead atoms. The highest BCUT2D eigenvalue weighted by molar-refractivity contribution is 6.34. The van der Waals surface area contributed by atoms with E-state index in [4.69, 9.17) is 16.0 Å². The Morgan fingerprint density at radius 2 is 1.95 bits per heavy atom. The lowest BCUT2D eigenvalue weighted by Gasteiger charge is -2.09. The molecule has 0 atom stereocenters. The summed E-state index contributed by atoms with van der Waals surface area (Å²) >= 11 is 5.97. The summed E-state index contributed by atoms with van der Waals surface area (Å²) in [6.07, 6.45) is -3.22. The summed E-state index contributed by atoms with van der Waals surface area (Å²) in [7, 11) is 0. The molecule has 0 saturated heterocycles. The summed E-state index contributed by atoms with van der Waals surface area (Å²) < 4.78 is 46.1. The van der Waals surface area contributed by atoms with Crippen molar-refractivity contribution in [2.75, 3.05) is 0 Å². The maximum Gasteiger partial charge on any atom is 0.573 e. The van der Waals surface area contributed by atoms with Crippen molar-refractivity contribution in [3.05, 3.63) is 47.6 Å². The molecule has 3 rings (SSSR count). The van der Waals surface area contributed by atoms with Crippen LogP contribution in [0.15, 0.2) is 47.0 Å². The van der Waals surface area contributed by atoms with E-state index in [1.807, 2.05) is 0 Å². The molecule has 0 amide bonds. The van der Waals surface area contributed by atoms with Gasteiger partial charge in [-0.1, -0.05) is 23.7 Å². The number of benzene rings is 1. The zero-order valence-electron chi connectivity index (χ0n) is 10.3.